The van der Waals surface area contributed by atoms with Crippen LogP contribution in [0.4, 0.5) is 0 Å². The maximum Gasteiger partial charge on any atom is 0.197 e. The van der Waals surface area contributed by atoms with Crippen LogP contribution in [0.5, 0.6) is 11.5 Å². The van der Waals surface area contributed by atoms with Crippen LogP contribution in [0.1, 0.15) is 68.4 Å². The smallest absolute Gasteiger partial charge is 0.197 e. The molecule has 8 heteroatoms. The van der Waals surface area contributed by atoms with Crippen LogP contribution in [0.15, 0.2) is 48.8 Å². The highest BCUT2D eigenvalue weighted by Gasteiger charge is 2.22. The van der Waals surface area contributed by atoms with E-state index in [4.69, 9.17) is 26.0 Å². The zero-order chi connectivity index (χ0) is 27.5. The van der Waals surface area contributed by atoms with Crippen LogP contribution in [-0.2, 0) is 18.0 Å². The first-order chi connectivity index (χ1) is 18.2. The highest BCUT2D eigenvalue weighted by atomic mass is 35.5. The predicted molar refractivity (Wildman–Crippen MR) is 157 cm³/mol. The molecule has 208 valence electrons. The zero-order valence-electron chi connectivity index (χ0n) is 23.2. The highest BCUT2D eigenvalue weighted by molar-refractivity contribution is 7.57. The van der Waals surface area contributed by atoms with Gasteiger partial charge in [-0.15, -0.1) is 0 Å². The molecule has 1 unspecified atom stereocenters. The quantitative estimate of drug-likeness (QED) is 0.295. The van der Waals surface area contributed by atoms with Crippen molar-refractivity contribution in [3.8, 4) is 22.8 Å². The molecule has 1 atom stereocenters. The molecule has 2 fully saturated rings. The maximum absolute atomic E-state index is 11.1. The van der Waals surface area contributed by atoms with Gasteiger partial charge in [0, 0.05) is 25.4 Å². The van der Waals surface area contributed by atoms with Crippen molar-refractivity contribution in [2.45, 2.75) is 63.7 Å². The Kier molecular flexibility index (Phi) is 11.8. The molecule has 2 aromatic carbocycles. The van der Waals surface area contributed by atoms with E-state index < -0.39 is 7.37 Å². The molecule has 0 bridgehead atoms. The Morgan fingerprint density at radius 2 is 1.63 bits per heavy atom. The lowest BCUT2D eigenvalue weighted by atomic mass is 9.81. The van der Waals surface area contributed by atoms with E-state index in [0.717, 1.165) is 28.3 Å². The van der Waals surface area contributed by atoms with Gasteiger partial charge in [0.25, 0.3) is 0 Å². The van der Waals surface area contributed by atoms with Gasteiger partial charge in [0.05, 0.1) is 20.5 Å². The van der Waals surface area contributed by atoms with Gasteiger partial charge in [0.2, 0.25) is 0 Å². The molecule has 3 aromatic rings. The Morgan fingerprint density at radius 1 is 1.00 bits per heavy atom. The molecule has 0 radical (unpaired) electrons. The number of rotatable bonds is 7. The van der Waals surface area contributed by atoms with E-state index >= 15 is 0 Å². The topological polar surface area (TPSA) is 73.6 Å². The van der Waals surface area contributed by atoms with Crippen LogP contribution >= 0.6 is 19.0 Å². The number of nitrogens with zero attached hydrogens (tertiary/aromatic N) is 2. The first kappa shape index (κ1) is 30.3. The summed E-state index contributed by atoms with van der Waals surface area (Å²) in [6.45, 7) is 1.38. The van der Waals surface area contributed by atoms with Gasteiger partial charge in [-0.1, -0.05) is 62.3 Å². The van der Waals surface area contributed by atoms with E-state index in [1.807, 2.05) is 41.9 Å². The molecule has 0 spiro atoms. The van der Waals surface area contributed by atoms with E-state index in [-0.39, 0.29) is 0 Å². The molecule has 5 rings (SSSR count). The number of halogens is 1. The largest absolute Gasteiger partial charge is 0.497 e. The Labute approximate surface area is 232 Å². The van der Waals surface area contributed by atoms with Gasteiger partial charge < -0.3 is 18.9 Å². The van der Waals surface area contributed by atoms with Gasteiger partial charge in [-0.25, -0.2) is 4.98 Å². The molecule has 1 aromatic heterocycles. The second kappa shape index (κ2) is 14.8. The minimum atomic E-state index is -2.90. The van der Waals surface area contributed by atoms with Crippen LogP contribution in [0, 0.1) is 0 Å². The number of hydrogen-bond acceptors (Lipinski definition) is 4. The van der Waals surface area contributed by atoms with Gasteiger partial charge in [0.15, 0.2) is 7.37 Å². The van der Waals surface area contributed by atoms with Crippen LogP contribution < -0.4 is 9.47 Å². The Morgan fingerprint density at radius 3 is 2.18 bits per heavy atom. The average molecular weight is 561 g/mol. The van der Waals surface area contributed by atoms with Crippen molar-refractivity contribution in [3.05, 3.63) is 65.1 Å². The maximum atomic E-state index is 11.1. The van der Waals surface area contributed by atoms with E-state index in [9.17, 15) is 4.57 Å². The average Bonchev–Trinajstić information content (AvgIpc) is 3.79. The molecule has 1 N–H and O–H groups in total. The third-order valence-electron chi connectivity index (χ3n) is 6.73. The number of methoxy groups -OCH3 is 2. The molecule has 38 heavy (non-hydrogen) atoms. The minimum Gasteiger partial charge on any atom is -0.497 e. The fourth-order valence-corrected chi connectivity index (χ4v) is 5.26. The molecule has 0 amide bonds. The lowest BCUT2D eigenvalue weighted by molar-refractivity contribution is 0.410. The van der Waals surface area contributed by atoms with Crippen molar-refractivity contribution in [2.24, 2.45) is 7.05 Å². The summed E-state index contributed by atoms with van der Waals surface area (Å²) >= 11 is 6.40. The SMILES string of the molecule is C1CC1.COc1ccc(-c2ncn(C)c2Cl)c(C2CCCCC2)c1.COc1cccc(CCP(C)(=O)O)c1. The van der Waals surface area contributed by atoms with E-state index in [1.54, 1.807) is 20.5 Å². The fraction of sp³-hybridized carbons (Fsp3) is 0.500. The lowest BCUT2D eigenvalue weighted by Gasteiger charge is -2.24. The summed E-state index contributed by atoms with van der Waals surface area (Å²) in [5.74, 6) is 2.28. The molecule has 1 heterocycles. The Balaban J connectivity index is 0.000000202. The van der Waals surface area contributed by atoms with Gasteiger partial charge in [-0.2, -0.15) is 0 Å². The monoisotopic (exact) mass is 560 g/mol. The van der Waals surface area contributed by atoms with Crippen molar-refractivity contribution in [3.63, 3.8) is 0 Å². The number of aryl methyl sites for hydroxylation is 2. The molecule has 6 nitrogen and oxygen atoms in total. The van der Waals surface area contributed by atoms with Crippen molar-refractivity contribution in [1.29, 1.82) is 0 Å². The summed E-state index contributed by atoms with van der Waals surface area (Å²) in [5, 5.41) is 0.692. The lowest BCUT2D eigenvalue weighted by Crippen LogP contribution is -2.06. The Hall–Kier alpha value is -2.27. The van der Waals surface area contributed by atoms with Gasteiger partial charge in [0.1, 0.15) is 22.3 Å². The second-order valence-electron chi connectivity index (χ2n) is 10.2. The third-order valence-corrected chi connectivity index (χ3v) is 8.23. The summed E-state index contributed by atoms with van der Waals surface area (Å²) in [4.78, 5) is 13.6. The summed E-state index contributed by atoms with van der Waals surface area (Å²) in [7, 11) is 2.35. The van der Waals surface area contributed by atoms with Crippen LogP contribution in [-0.4, -0.2) is 41.5 Å². The number of ether oxygens (including phenoxy) is 2. The molecular formula is C30H42ClN2O4P. The first-order valence-electron chi connectivity index (χ1n) is 13.5. The predicted octanol–water partition coefficient (Wildman–Crippen LogP) is 8.11. The third kappa shape index (κ3) is 9.80. The minimum absolute atomic E-state index is 0.320. The van der Waals surface area contributed by atoms with E-state index in [1.165, 1.54) is 63.6 Å². The molecule has 2 aliphatic rings. The summed E-state index contributed by atoms with van der Waals surface area (Å²) < 4.78 is 23.4. The zero-order valence-corrected chi connectivity index (χ0v) is 24.8. The molecule has 0 aliphatic heterocycles. The van der Waals surface area contributed by atoms with Crippen molar-refractivity contribution in [1.82, 2.24) is 9.55 Å². The van der Waals surface area contributed by atoms with Crippen molar-refractivity contribution in [2.75, 3.05) is 27.0 Å². The number of benzene rings is 2. The van der Waals surface area contributed by atoms with E-state index in [0.29, 0.717) is 23.7 Å². The molecule has 2 saturated carbocycles. The first-order valence-corrected chi connectivity index (χ1v) is 16.2. The summed E-state index contributed by atoms with van der Waals surface area (Å²) in [6, 6.07) is 13.8. The fourth-order valence-electron chi connectivity index (χ4n) is 4.40. The summed E-state index contributed by atoms with van der Waals surface area (Å²) in [6.07, 6.45) is 13.6. The number of imidazole rings is 1. The van der Waals surface area contributed by atoms with Gasteiger partial charge >= 0.3 is 0 Å². The number of hydrogen-bond donors (Lipinski definition) is 1. The van der Waals surface area contributed by atoms with Crippen molar-refractivity contribution < 1.29 is 18.9 Å². The summed E-state index contributed by atoms with van der Waals surface area (Å²) in [5.41, 5.74) is 4.38. The van der Waals surface area contributed by atoms with Crippen molar-refractivity contribution >= 4 is 19.0 Å². The second-order valence-corrected chi connectivity index (χ2v) is 13.1. The van der Waals surface area contributed by atoms with Crippen LogP contribution in [0.25, 0.3) is 11.3 Å². The molecule has 2 aliphatic carbocycles. The van der Waals surface area contributed by atoms with Gasteiger partial charge in [-0.05, 0) is 66.6 Å². The number of aromatic nitrogens is 2. The van der Waals surface area contributed by atoms with Gasteiger partial charge in [-0.3, -0.25) is 4.57 Å². The highest BCUT2D eigenvalue weighted by Crippen LogP contribution is 2.41. The van der Waals surface area contributed by atoms with Crippen LogP contribution in [0.2, 0.25) is 5.15 Å². The molecule has 0 saturated heterocycles. The molecular weight excluding hydrogens is 519 g/mol. The Bertz CT molecular complexity index is 1200. The van der Waals surface area contributed by atoms with E-state index in [2.05, 4.69) is 17.1 Å². The van der Waals surface area contributed by atoms with Crippen LogP contribution in [0.3, 0.4) is 0 Å². The standard InChI is InChI=1S/C17H21ClN2O.C10H15O3P.C3H6/c1-20-11-19-16(17(20)18)14-9-8-13(21-2)10-15(14)12-6-4-3-5-7-12;1-13-10-5-3-4-9(8-10)6-7-14(2,11)12;1-2-3-1/h8-12H,3-7H2,1-2H3;3-5,8H,6-7H2,1-2H3,(H,11,12);1-3H2. The normalized spacial score (nSPS) is 16.3.